The summed E-state index contributed by atoms with van der Waals surface area (Å²) in [6, 6.07) is 0. The second-order valence-corrected chi connectivity index (χ2v) is 5.16. The van der Waals surface area contributed by atoms with Crippen LogP contribution in [0.5, 0.6) is 0 Å². The lowest BCUT2D eigenvalue weighted by Crippen LogP contribution is -2.44. The van der Waals surface area contributed by atoms with Crippen molar-refractivity contribution in [3.8, 4) is 0 Å². The zero-order valence-corrected chi connectivity index (χ0v) is 11.4. The van der Waals surface area contributed by atoms with Gasteiger partial charge in [-0.15, -0.1) is 0 Å². The van der Waals surface area contributed by atoms with Gasteiger partial charge in [0.15, 0.2) is 0 Å². The van der Waals surface area contributed by atoms with Gasteiger partial charge in [0.25, 0.3) is 0 Å². The van der Waals surface area contributed by atoms with Crippen molar-refractivity contribution in [2.24, 2.45) is 22.7 Å². The molecule has 17 heavy (non-hydrogen) atoms. The third-order valence-electron chi connectivity index (χ3n) is 3.13. The molecule has 1 atom stereocenters. The van der Waals surface area contributed by atoms with E-state index in [1.165, 1.54) is 19.5 Å². The first-order valence-electron chi connectivity index (χ1n) is 6.63. The highest BCUT2D eigenvalue weighted by Gasteiger charge is 2.20. The number of aliphatic imine (C=N–C) groups is 1. The average molecular weight is 241 g/mol. The fourth-order valence-electron chi connectivity index (χ4n) is 2.03. The van der Waals surface area contributed by atoms with E-state index >= 15 is 0 Å². The first kappa shape index (κ1) is 14.3. The average Bonchev–Trinajstić information content (AvgIpc) is 2.77. The number of likely N-dealkylation sites (tertiary alicyclic amines) is 1. The molecule has 5 nitrogen and oxygen atoms in total. The molecule has 0 aromatic heterocycles. The molecule has 0 spiro atoms. The van der Waals surface area contributed by atoms with Crippen molar-refractivity contribution < 1.29 is 0 Å². The van der Waals surface area contributed by atoms with Gasteiger partial charge < -0.3 is 10.2 Å². The maximum absolute atomic E-state index is 5.44. The molecule has 1 aliphatic rings. The molecule has 100 valence electrons. The van der Waals surface area contributed by atoms with Crippen molar-refractivity contribution in [3.63, 3.8) is 0 Å². The van der Waals surface area contributed by atoms with Gasteiger partial charge in [-0.25, -0.2) is 5.84 Å². The Kier molecular flexibility index (Phi) is 6.29. The van der Waals surface area contributed by atoms with E-state index in [9.17, 15) is 0 Å². The number of rotatable bonds is 5. The third-order valence-corrected chi connectivity index (χ3v) is 3.13. The molecule has 1 heterocycles. The van der Waals surface area contributed by atoms with Crippen LogP contribution in [0.25, 0.3) is 0 Å². The minimum absolute atomic E-state index is 0.558. The van der Waals surface area contributed by atoms with Crippen LogP contribution in [0.1, 0.15) is 27.2 Å². The summed E-state index contributed by atoms with van der Waals surface area (Å²) in [5.41, 5.74) is 2.63. The molecule has 0 aliphatic carbocycles. The monoisotopic (exact) mass is 241 g/mol. The van der Waals surface area contributed by atoms with Gasteiger partial charge >= 0.3 is 0 Å². The van der Waals surface area contributed by atoms with Crippen LogP contribution in [0.15, 0.2) is 4.99 Å². The molecule has 1 saturated heterocycles. The molecule has 5 heteroatoms. The Morgan fingerprint density at radius 3 is 2.82 bits per heavy atom. The van der Waals surface area contributed by atoms with Gasteiger partial charge in [-0.3, -0.25) is 10.4 Å². The summed E-state index contributed by atoms with van der Waals surface area (Å²) in [4.78, 5) is 6.88. The Morgan fingerprint density at radius 2 is 2.29 bits per heavy atom. The van der Waals surface area contributed by atoms with Gasteiger partial charge in [0.1, 0.15) is 0 Å². The molecule has 1 rings (SSSR count). The molecule has 0 bridgehead atoms. The van der Waals surface area contributed by atoms with Gasteiger partial charge in [-0.1, -0.05) is 20.8 Å². The predicted molar refractivity (Wildman–Crippen MR) is 72.7 cm³/mol. The lowest BCUT2D eigenvalue weighted by atomic mass is 10.1. The van der Waals surface area contributed by atoms with Crippen LogP contribution in [0.4, 0.5) is 0 Å². The van der Waals surface area contributed by atoms with Gasteiger partial charge in [-0.2, -0.15) is 0 Å². The second kappa shape index (κ2) is 7.50. The van der Waals surface area contributed by atoms with E-state index in [2.05, 4.69) is 41.4 Å². The summed E-state index contributed by atoms with van der Waals surface area (Å²) in [7, 11) is 0. The second-order valence-electron chi connectivity index (χ2n) is 5.16. The quantitative estimate of drug-likeness (QED) is 0.282. The lowest BCUT2D eigenvalue weighted by molar-refractivity contribution is 0.342. The van der Waals surface area contributed by atoms with Gasteiger partial charge in [0.05, 0.1) is 0 Å². The van der Waals surface area contributed by atoms with Crippen LogP contribution >= 0.6 is 0 Å². The van der Waals surface area contributed by atoms with Crippen LogP contribution in [0.2, 0.25) is 0 Å². The van der Waals surface area contributed by atoms with Gasteiger partial charge in [0.2, 0.25) is 5.96 Å². The Bertz CT molecular complexity index is 239. The van der Waals surface area contributed by atoms with Crippen molar-refractivity contribution in [1.82, 2.24) is 15.6 Å². The molecular weight excluding hydrogens is 214 g/mol. The normalized spacial score (nSPS) is 22.2. The Morgan fingerprint density at radius 1 is 1.53 bits per heavy atom. The Balaban J connectivity index is 2.26. The summed E-state index contributed by atoms with van der Waals surface area (Å²) >= 11 is 0. The number of nitrogens with zero attached hydrogens (tertiary/aromatic N) is 2. The molecule has 0 radical (unpaired) electrons. The fourth-order valence-corrected chi connectivity index (χ4v) is 2.03. The molecule has 0 saturated carbocycles. The molecular formula is C12H27N5. The molecule has 1 aliphatic heterocycles. The van der Waals surface area contributed by atoms with Gasteiger partial charge in [-0.05, 0) is 31.3 Å². The zero-order chi connectivity index (χ0) is 12.7. The number of hydrogen-bond donors (Lipinski definition) is 3. The highest BCUT2D eigenvalue weighted by atomic mass is 15.3. The van der Waals surface area contributed by atoms with Gasteiger partial charge in [0, 0.05) is 19.6 Å². The first-order chi connectivity index (χ1) is 8.15. The lowest BCUT2D eigenvalue weighted by Gasteiger charge is -2.15. The predicted octanol–water partition coefficient (Wildman–Crippen LogP) is 0.393. The zero-order valence-electron chi connectivity index (χ0n) is 11.4. The standard InChI is InChI=1S/C12H27N5/c1-4-17-6-5-11(9-17)8-15-12(16-13)14-7-10(2)3/h10-11H,4-9,13H2,1-3H3,(H2,14,15,16). The van der Waals surface area contributed by atoms with Crippen LogP contribution in [0.3, 0.4) is 0 Å². The van der Waals surface area contributed by atoms with Crippen molar-refractivity contribution in [3.05, 3.63) is 0 Å². The summed E-state index contributed by atoms with van der Waals surface area (Å²) in [5.74, 6) is 7.43. The summed E-state index contributed by atoms with van der Waals surface area (Å²) in [6.07, 6.45) is 1.27. The Labute approximate surface area is 105 Å². The van der Waals surface area contributed by atoms with E-state index in [4.69, 9.17) is 5.84 Å². The third kappa shape index (κ3) is 5.37. The van der Waals surface area contributed by atoms with E-state index in [0.29, 0.717) is 17.8 Å². The van der Waals surface area contributed by atoms with Crippen molar-refractivity contribution in [2.75, 3.05) is 32.7 Å². The van der Waals surface area contributed by atoms with E-state index in [0.717, 1.165) is 19.6 Å². The topological polar surface area (TPSA) is 65.7 Å². The highest BCUT2D eigenvalue weighted by Crippen LogP contribution is 2.14. The molecule has 0 amide bonds. The number of nitrogens with one attached hydrogen (secondary N) is 2. The summed E-state index contributed by atoms with van der Waals surface area (Å²) < 4.78 is 0. The molecule has 0 aromatic carbocycles. The molecule has 4 N–H and O–H groups in total. The minimum atomic E-state index is 0.558. The van der Waals surface area contributed by atoms with Crippen molar-refractivity contribution in [1.29, 1.82) is 0 Å². The Hall–Kier alpha value is -0.810. The van der Waals surface area contributed by atoms with Crippen LogP contribution in [-0.4, -0.2) is 43.6 Å². The number of nitrogens with two attached hydrogens (primary N) is 1. The number of guanidine groups is 1. The van der Waals surface area contributed by atoms with E-state index < -0.39 is 0 Å². The van der Waals surface area contributed by atoms with Crippen LogP contribution < -0.4 is 16.6 Å². The maximum Gasteiger partial charge on any atom is 0.205 e. The number of hydrogen-bond acceptors (Lipinski definition) is 3. The van der Waals surface area contributed by atoms with Crippen LogP contribution in [0, 0.1) is 11.8 Å². The largest absolute Gasteiger partial charge is 0.355 e. The minimum Gasteiger partial charge on any atom is -0.355 e. The molecule has 0 aromatic rings. The molecule has 1 unspecified atom stereocenters. The smallest absolute Gasteiger partial charge is 0.205 e. The van der Waals surface area contributed by atoms with E-state index in [-0.39, 0.29) is 0 Å². The highest BCUT2D eigenvalue weighted by molar-refractivity contribution is 5.79. The molecule has 1 fully saturated rings. The fraction of sp³-hybridized carbons (Fsp3) is 0.917. The van der Waals surface area contributed by atoms with Crippen molar-refractivity contribution in [2.45, 2.75) is 27.2 Å². The SMILES string of the molecule is CCN1CCC(CNC(=NCC(C)C)NN)C1. The summed E-state index contributed by atoms with van der Waals surface area (Å²) in [5, 5.41) is 3.30. The summed E-state index contributed by atoms with van der Waals surface area (Å²) in [6.45, 7) is 11.8. The maximum atomic E-state index is 5.44. The van der Waals surface area contributed by atoms with E-state index in [1.54, 1.807) is 0 Å². The van der Waals surface area contributed by atoms with E-state index in [1.807, 2.05) is 0 Å². The van der Waals surface area contributed by atoms with Crippen LogP contribution in [-0.2, 0) is 0 Å². The number of hydrazine groups is 1. The first-order valence-corrected chi connectivity index (χ1v) is 6.63. The van der Waals surface area contributed by atoms with Crippen molar-refractivity contribution >= 4 is 5.96 Å².